The Labute approximate surface area is 56.2 Å². The van der Waals surface area contributed by atoms with Crippen LogP contribution in [-0.2, 0) is 0 Å². The molecule has 0 aliphatic carbocycles. The molecular weight excluding hydrogens is 118 g/mol. The van der Waals surface area contributed by atoms with Gasteiger partial charge < -0.3 is 10.6 Å². The fourth-order valence-electron chi connectivity index (χ4n) is 0. The van der Waals surface area contributed by atoms with Crippen molar-refractivity contribution in [1.29, 1.82) is 5.26 Å². The van der Waals surface area contributed by atoms with Gasteiger partial charge in [-0.15, -0.1) is 0 Å². The maximum Gasteiger partial charge on any atom is 0.0587 e. The Morgan fingerprint density at radius 1 is 1.67 bits per heavy atom. The molecule has 0 bridgehead atoms. The van der Waals surface area contributed by atoms with E-state index >= 15 is 0 Å². The van der Waals surface area contributed by atoms with E-state index in [4.69, 9.17) is 10.4 Å². The summed E-state index contributed by atoms with van der Waals surface area (Å²) in [5, 5.41) is 15.7. The van der Waals surface area contributed by atoms with E-state index in [1.54, 1.807) is 13.0 Å². The summed E-state index contributed by atoms with van der Waals surface area (Å²) < 4.78 is 0. The Balaban J connectivity index is -0.0000000800. The number of hydrogen-bond donors (Lipinski definition) is 1. The summed E-state index contributed by atoms with van der Waals surface area (Å²) in [5.41, 5.74) is 0. The van der Waals surface area contributed by atoms with Crippen molar-refractivity contribution in [2.45, 2.75) is 33.3 Å². The van der Waals surface area contributed by atoms with Crippen molar-refractivity contribution in [2.24, 2.45) is 0 Å². The summed E-state index contributed by atoms with van der Waals surface area (Å²) >= 11 is 0. The number of nitriles is 1. The SMILES string of the molecule is CC#N.CCC(C)O.O. The van der Waals surface area contributed by atoms with Crippen molar-refractivity contribution in [3.8, 4) is 6.07 Å². The summed E-state index contributed by atoms with van der Waals surface area (Å²) in [6, 6.07) is 1.75. The van der Waals surface area contributed by atoms with Gasteiger partial charge in [-0.1, -0.05) is 6.92 Å². The van der Waals surface area contributed by atoms with Gasteiger partial charge in [0.2, 0.25) is 0 Å². The minimum atomic E-state index is -0.116. The topological polar surface area (TPSA) is 75.5 Å². The lowest BCUT2D eigenvalue weighted by Gasteiger charge is -1.90. The molecular formula is C6H15NO2. The summed E-state index contributed by atoms with van der Waals surface area (Å²) in [6.07, 6.45) is 0.745. The fourth-order valence-corrected chi connectivity index (χ4v) is 0. The maximum atomic E-state index is 8.36. The second-order valence-corrected chi connectivity index (χ2v) is 1.48. The third-order valence-electron chi connectivity index (χ3n) is 0.591. The molecule has 0 aliphatic heterocycles. The van der Waals surface area contributed by atoms with E-state index in [1.807, 2.05) is 6.92 Å². The highest BCUT2D eigenvalue weighted by atomic mass is 16.3. The normalized spacial score (nSPS) is 9.22. The van der Waals surface area contributed by atoms with Crippen LogP contribution in [-0.4, -0.2) is 16.7 Å². The molecule has 0 aromatic rings. The fraction of sp³-hybridized carbons (Fsp3) is 0.833. The molecule has 0 saturated heterocycles. The number of hydrogen-bond acceptors (Lipinski definition) is 2. The summed E-state index contributed by atoms with van der Waals surface area (Å²) in [6.45, 7) is 5.16. The predicted molar refractivity (Wildman–Crippen MR) is 36.9 cm³/mol. The molecule has 0 radical (unpaired) electrons. The average molecular weight is 133 g/mol. The van der Waals surface area contributed by atoms with Crippen LogP contribution in [0.2, 0.25) is 0 Å². The number of nitrogens with zero attached hydrogens (tertiary/aromatic N) is 1. The lowest BCUT2D eigenvalue weighted by Crippen LogP contribution is -1.93. The molecule has 0 heterocycles. The summed E-state index contributed by atoms with van der Waals surface area (Å²) in [5.74, 6) is 0. The van der Waals surface area contributed by atoms with Crippen LogP contribution in [0.5, 0.6) is 0 Å². The van der Waals surface area contributed by atoms with E-state index in [1.165, 1.54) is 6.92 Å². The van der Waals surface area contributed by atoms with Gasteiger partial charge in [-0.25, -0.2) is 0 Å². The largest absolute Gasteiger partial charge is 0.412 e. The van der Waals surface area contributed by atoms with Gasteiger partial charge >= 0.3 is 0 Å². The summed E-state index contributed by atoms with van der Waals surface area (Å²) in [4.78, 5) is 0. The first kappa shape index (κ1) is 15.8. The molecule has 0 aromatic carbocycles. The van der Waals surface area contributed by atoms with Crippen LogP contribution in [0.4, 0.5) is 0 Å². The van der Waals surface area contributed by atoms with E-state index in [2.05, 4.69) is 0 Å². The zero-order valence-electron chi connectivity index (χ0n) is 6.18. The predicted octanol–water partition coefficient (Wildman–Crippen LogP) is 0.482. The Morgan fingerprint density at radius 3 is 1.78 bits per heavy atom. The van der Waals surface area contributed by atoms with Crippen LogP contribution in [0, 0.1) is 11.3 Å². The quantitative estimate of drug-likeness (QED) is 0.565. The third-order valence-corrected chi connectivity index (χ3v) is 0.591. The van der Waals surface area contributed by atoms with E-state index in [0.29, 0.717) is 0 Å². The van der Waals surface area contributed by atoms with Crippen molar-refractivity contribution >= 4 is 0 Å². The Hall–Kier alpha value is -0.590. The minimum absolute atomic E-state index is 0. The van der Waals surface area contributed by atoms with Gasteiger partial charge in [0, 0.05) is 6.92 Å². The Kier molecular flexibility index (Phi) is 27.4. The van der Waals surface area contributed by atoms with Crippen LogP contribution >= 0.6 is 0 Å². The maximum absolute atomic E-state index is 8.36. The van der Waals surface area contributed by atoms with Gasteiger partial charge in [0.05, 0.1) is 12.2 Å². The standard InChI is InChI=1S/C4H10O.C2H3N.H2O/c1-3-4(2)5;1-2-3;/h4-5H,3H2,1-2H3;1H3;1H2. The first-order valence-electron chi connectivity index (χ1n) is 2.67. The van der Waals surface area contributed by atoms with Crippen molar-refractivity contribution in [1.82, 2.24) is 0 Å². The Bertz CT molecular complexity index is 65.9. The molecule has 0 fully saturated rings. The van der Waals surface area contributed by atoms with Crippen LogP contribution in [0.3, 0.4) is 0 Å². The second-order valence-electron chi connectivity index (χ2n) is 1.48. The molecule has 56 valence electrons. The first-order chi connectivity index (χ1) is 3.68. The molecule has 1 atom stereocenters. The monoisotopic (exact) mass is 133 g/mol. The molecule has 3 nitrogen and oxygen atoms in total. The first-order valence-corrected chi connectivity index (χ1v) is 2.67. The number of aliphatic hydroxyl groups excluding tert-OH is 1. The van der Waals surface area contributed by atoms with Crippen LogP contribution < -0.4 is 0 Å². The highest BCUT2D eigenvalue weighted by Crippen LogP contribution is 1.81. The minimum Gasteiger partial charge on any atom is -0.412 e. The average Bonchev–Trinajstić information content (AvgIpc) is 1.69. The van der Waals surface area contributed by atoms with Gasteiger partial charge in [0.15, 0.2) is 0 Å². The number of aliphatic hydroxyl groups is 1. The lowest BCUT2D eigenvalue weighted by molar-refractivity contribution is 0.191. The van der Waals surface area contributed by atoms with E-state index in [9.17, 15) is 0 Å². The third kappa shape index (κ3) is 109. The summed E-state index contributed by atoms with van der Waals surface area (Å²) in [7, 11) is 0. The number of rotatable bonds is 1. The highest BCUT2D eigenvalue weighted by molar-refractivity contribution is 4.51. The molecule has 3 heteroatoms. The molecule has 0 aromatic heterocycles. The van der Waals surface area contributed by atoms with Gasteiger partial charge in [0.25, 0.3) is 0 Å². The smallest absolute Gasteiger partial charge is 0.0587 e. The second kappa shape index (κ2) is 15.7. The molecule has 0 aliphatic rings. The zero-order valence-corrected chi connectivity index (χ0v) is 6.18. The lowest BCUT2D eigenvalue weighted by atomic mass is 10.3. The van der Waals surface area contributed by atoms with Crippen molar-refractivity contribution in [3.63, 3.8) is 0 Å². The molecule has 1 unspecified atom stereocenters. The Morgan fingerprint density at radius 2 is 1.78 bits per heavy atom. The van der Waals surface area contributed by atoms with Crippen LogP contribution in [0.1, 0.15) is 27.2 Å². The van der Waals surface area contributed by atoms with Gasteiger partial charge in [-0.05, 0) is 13.3 Å². The van der Waals surface area contributed by atoms with Crippen molar-refractivity contribution < 1.29 is 10.6 Å². The van der Waals surface area contributed by atoms with E-state index < -0.39 is 0 Å². The van der Waals surface area contributed by atoms with Crippen LogP contribution in [0.25, 0.3) is 0 Å². The van der Waals surface area contributed by atoms with Crippen LogP contribution in [0.15, 0.2) is 0 Å². The van der Waals surface area contributed by atoms with Crippen molar-refractivity contribution in [3.05, 3.63) is 0 Å². The van der Waals surface area contributed by atoms with Crippen molar-refractivity contribution in [2.75, 3.05) is 0 Å². The molecule has 9 heavy (non-hydrogen) atoms. The molecule has 0 spiro atoms. The highest BCUT2D eigenvalue weighted by Gasteiger charge is 1.81. The van der Waals surface area contributed by atoms with Gasteiger partial charge in [-0.3, -0.25) is 0 Å². The molecule has 0 saturated carbocycles. The zero-order chi connectivity index (χ0) is 6.99. The molecule has 0 amide bonds. The molecule has 0 rings (SSSR count). The van der Waals surface area contributed by atoms with E-state index in [-0.39, 0.29) is 11.6 Å². The van der Waals surface area contributed by atoms with E-state index in [0.717, 1.165) is 6.42 Å². The molecule has 3 N–H and O–H groups in total. The van der Waals surface area contributed by atoms with Gasteiger partial charge in [0.1, 0.15) is 0 Å². The van der Waals surface area contributed by atoms with Gasteiger partial charge in [-0.2, -0.15) is 5.26 Å².